The summed E-state index contributed by atoms with van der Waals surface area (Å²) < 4.78 is 39.3. The number of aryl methyl sites for hydroxylation is 1. The molecule has 0 bridgehead atoms. The molecular formula is C33H42O8. The Kier molecular flexibility index (Phi) is 10.6. The molecule has 0 aromatic heterocycles. The number of methoxy groups -OCH3 is 6. The van der Waals surface area contributed by atoms with E-state index in [-0.39, 0.29) is 17.9 Å². The highest BCUT2D eigenvalue weighted by Crippen LogP contribution is 2.45. The fraction of sp³-hybridized carbons (Fsp3) is 0.455. The number of rotatable bonds is 13. The third kappa shape index (κ3) is 7.00. The molecule has 41 heavy (non-hydrogen) atoms. The van der Waals surface area contributed by atoms with Crippen LogP contribution in [0.3, 0.4) is 0 Å². The number of ether oxygens (including phenoxy) is 7. The zero-order valence-electron chi connectivity index (χ0n) is 24.8. The molecule has 4 atom stereocenters. The van der Waals surface area contributed by atoms with E-state index in [1.807, 2.05) is 48.5 Å². The lowest BCUT2D eigenvalue weighted by Crippen LogP contribution is -2.32. The maximum absolute atomic E-state index is 11.4. The van der Waals surface area contributed by atoms with E-state index in [0.29, 0.717) is 29.6 Å². The maximum Gasteiger partial charge on any atom is 0.161 e. The van der Waals surface area contributed by atoms with Crippen LogP contribution >= 0.6 is 0 Å². The van der Waals surface area contributed by atoms with Gasteiger partial charge in [0.2, 0.25) is 0 Å². The largest absolute Gasteiger partial charge is 0.493 e. The number of aliphatic hydroxyl groups is 1. The van der Waals surface area contributed by atoms with Gasteiger partial charge in [0.15, 0.2) is 34.5 Å². The van der Waals surface area contributed by atoms with E-state index in [4.69, 9.17) is 33.2 Å². The smallest absolute Gasteiger partial charge is 0.161 e. The molecule has 1 fully saturated rings. The van der Waals surface area contributed by atoms with Crippen molar-refractivity contribution in [3.63, 3.8) is 0 Å². The van der Waals surface area contributed by atoms with Gasteiger partial charge in [-0.2, -0.15) is 0 Å². The van der Waals surface area contributed by atoms with E-state index in [9.17, 15) is 5.11 Å². The first-order chi connectivity index (χ1) is 20.0. The Hall–Kier alpha value is -3.62. The monoisotopic (exact) mass is 566 g/mol. The van der Waals surface area contributed by atoms with E-state index in [2.05, 4.69) is 6.07 Å². The van der Waals surface area contributed by atoms with Crippen LogP contribution in [-0.4, -0.2) is 54.4 Å². The van der Waals surface area contributed by atoms with Crippen LogP contribution in [0.15, 0.2) is 54.6 Å². The van der Waals surface area contributed by atoms with Crippen LogP contribution in [-0.2, 0) is 11.2 Å². The Morgan fingerprint density at radius 1 is 0.707 bits per heavy atom. The fourth-order valence-corrected chi connectivity index (χ4v) is 5.74. The molecule has 1 saturated heterocycles. The molecule has 3 aromatic rings. The Labute approximate surface area is 243 Å². The van der Waals surface area contributed by atoms with Crippen LogP contribution in [0.1, 0.15) is 48.2 Å². The van der Waals surface area contributed by atoms with Gasteiger partial charge in [-0.1, -0.05) is 18.2 Å². The van der Waals surface area contributed by atoms with Gasteiger partial charge in [0.25, 0.3) is 0 Å². The zero-order chi connectivity index (χ0) is 29.4. The second kappa shape index (κ2) is 14.3. The molecule has 0 unspecified atom stereocenters. The molecule has 0 spiro atoms. The van der Waals surface area contributed by atoms with E-state index in [1.165, 1.54) is 5.56 Å². The fourth-order valence-electron chi connectivity index (χ4n) is 5.74. The standard InChI is InChI=1S/C33H42O8/c1-35-26-13-10-21(16-29(26)38-4)8-7-9-23-17-25(32(34)22-11-14-27(36-2)30(18-22)39-5)20-41-33(23)24-12-15-28(37-3)31(19-24)40-6/h10-16,18-19,23,25,32-34H,7-9,17,20H2,1-6H3/t23-,25+,32-,33-/m0/s1. The second-order valence-corrected chi connectivity index (χ2v) is 10.3. The average Bonchev–Trinajstić information content (AvgIpc) is 3.03. The van der Waals surface area contributed by atoms with E-state index in [1.54, 1.807) is 42.7 Å². The van der Waals surface area contributed by atoms with E-state index >= 15 is 0 Å². The molecule has 8 heteroatoms. The van der Waals surface area contributed by atoms with Crippen molar-refractivity contribution < 1.29 is 38.3 Å². The molecule has 8 nitrogen and oxygen atoms in total. The number of hydrogen-bond acceptors (Lipinski definition) is 8. The normalized spacial score (nSPS) is 19.2. The highest BCUT2D eigenvalue weighted by molar-refractivity contribution is 5.45. The molecule has 0 radical (unpaired) electrons. The van der Waals surface area contributed by atoms with Crippen molar-refractivity contribution in [2.75, 3.05) is 49.3 Å². The third-order valence-electron chi connectivity index (χ3n) is 7.94. The summed E-state index contributed by atoms with van der Waals surface area (Å²) in [5, 5.41) is 11.4. The predicted molar refractivity (Wildman–Crippen MR) is 157 cm³/mol. The van der Waals surface area contributed by atoms with Crippen LogP contribution in [0.2, 0.25) is 0 Å². The highest BCUT2D eigenvalue weighted by Gasteiger charge is 2.36. The first-order valence-electron chi connectivity index (χ1n) is 13.9. The molecule has 0 saturated carbocycles. The van der Waals surface area contributed by atoms with Gasteiger partial charge < -0.3 is 38.3 Å². The number of aliphatic hydroxyl groups excluding tert-OH is 1. The van der Waals surface area contributed by atoms with Gasteiger partial charge in [0, 0.05) is 5.92 Å². The van der Waals surface area contributed by atoms with Gasteiger partial charge in [-0.3, -0.25) is 0 Å². The summed E-state index contributed by atoms with van der Waals surface area (Å²) in [5.41, 5.74) is 3.01. The van der Waals surface area contributed by atoms with Crippen LogP contribution in [0.5, 0.6) is 34.5 Å². The molecule has 0 amide bonds. The molecule has 0 aliphatic carbocycles. The lowest BCUT2D eigenvalue weighted by Gasteiger charge is -2.39. The maximum atomic E-state index is 11.4. The van der Waals surface area contributed by atoms with Gasteiger partial charge in [0.05, 0.1) is 61.5 Å². The minimum atomic E-state index is -0.700. The van der Waals surface area contributed by atoms with E-state index in [0.717, 1.165) is 48.3 Å². The minimum absolute atomic E-state index is 0.0735. The second-order valence-electron chi connectivity index (χ2n) is 10.3. The van der Waals surface area contributed by atoms with Gasteiger partial charge in [-0.25, -0.2) is 0 Å². The van der Waals surface area contributed by atoms with Gasteiger partial charge in [-0.05, 0) is 84.7 Å². The van der Waals surface area contributed by atoms with Gasteiger partial charge in [-0.15, -0.1) is 0 Å². The van der Waals surface area contributed by atoms with Crippen molar-refractivity contribution in [2.24, 2.45) is 11.8 Å². The van der Waals surface area contributed by atoms with Crippen LogP contribution < -0.4 is 28.4 Å². The minimum Gasteiger partial charge on any atom is -0.493 e. The molecule has 1 N–H and O–H groups in total. The average molecular weight is 567 g/mol. The van der Waals surface area contributed by atoms with Crippen molar-refractivity contribution in [3.05, 3.63) is 71.3 Å². The zero-order valence-corrected chi connectivity index (χ0v) is 24.8. The molecule has 3 aromatic carbocycles. The van der Waals surface area contributed by atoms with Gasteiger partial charge in [0.1, 0.15) is 0 Å². The molecule has 1 aliphatic heterocycles. The lowest BCUT2D eigenvalue weighted by molar-refractivity contribution is -0.0931. The van der Waals surface area contributed by atoms with Crippen molar-refractivity contribution >= 4 is 0 Å². The summed E-state index contributed by atoms with van der Waals surface area (Å²) in [6.07, 6.45) is 2.73. The first-order valence-corrected chi connectivity index (χ1v) is 13.9. The van der Waals surface area contributed by atoms with Crippen molar-refractivity contribution in [3.8, 4) is 34.5 Å². The Balaban J connectivity index is 1.54. The summed E-state index contributed by atoms with van der Waals surface area (Å²) >= 11 is 0. The van der Waals surface area contributed by atoms with Crippen LogP contribution in [0.4, 0.5) is 0 Å². The third-order valence-corrected chi connectivity index (χ3v) is 7.94. The summed E-state index contributed by atoms with van der Waals surface area (Å²) in [7, 11) is 9.76. The first kappa shape index (κ1) is 30.3. The SMILES string of the molecule is COc1ccc(CCC[C@H]2C[C@@H]([C@@H](O)c3ccc(OC)c(OC)c3)CO[C@@H]2c2ccc(OC)c(OC)c2)cc1OC. The lowest BCUT2D eigenvalue weighted by atomic mass is 9.78. The van der Waals surface area contributed by atoms with Crippen LogP contribution in [0, 0.1) is 11.8 Å². The molecule has 1 aliphatic rings. The summed E-state index contributed by atoms with van der Waals surface area (Å²) in [4.78, 5) is 0. The quantitative estimate of drug-likeness (QED) is 0.262. The topological polar surface area (TPSA) is 84.8 Å². The number of hydrogen-bond donors (Lipinski definition) is 1. The summed E-state index contributed by atoms with van der Waals surface area (Å²) in [6.45, 7) is 0.431. The van der Waals surface area contributed by atoms with Crippen LogP contribution in [0.25, 0.3) is 0 Å². The highest BCUT2D eigenvalue weighted by atomic mass is 16.5. The Morgan fingerprint density at radius 2 is 1.27 bits per heavy atom. The Bertz CT molecular complexity index is 1280. The Morgan fingerprint density at radius 3 is 1.90 bits per heavy atom. The number of benzene rings is 3. The predicted octanol–water partition coefficient (Wildman–Crippen LogP) is 6.19. The molecular weight excluding hydrogens is 524 g/mol. The van der Waals surface area contributed by atoms with Gasteiger partial charge >= 0.3 is 0 Å². The summed E-state index contributed by atoms with van der Waals surface area (Å²) in [6, 6.07) is 17.6. The van der Waals surface area contributed by atoms with Crippen molar-refractivity contribution in [2.45, 2.75) is 37.9 Å². The van der Waals surface area contributed by atoms with E-state index < -0.39 is 6.10 Å². The molecule has 4 rings (SSSR count). The van der Waals surface area contributed by atoms with Crippen molar-refractivity contribution in [1.82, 2.24) is 0 Å². The summed E-state index contributed by atoms with van der Waals surface area (Å²) in [5.74, 6) is 4.13. The van der Waals surface area contributed by atoms with Crippen molar-refractivity contribution in [1.29, 1.82) is 0 Å². The molecule has 1 heterocycles. The molecule has 222 valence electrons.